The third-order valence-corrected chi connectivity index (χ3v) is 7.93. The van der Waals surface area contributed by atoms with Crippen molar-refractivity contribution in [3.8, 4) is 11.5 Å². The minimum atomic E-state index is -0.933. The van der Waals surface area contributed by atoms with E-state index in [9.17, 15) is 14.4 Å². The second-order valence-corrected chi connectivity index (χ2v) is 10.4. The van der Waals surface area contributed by atoms with Crippen molar-refractivity contribution in [2.75, 3.05) is 13.4 Å². The summed E-state index contributed by atoms with van der Waals surface area (Å²) in [6.45, 7) is 2.91. The molecule has 2 amide bonds. The molecule has 2 aromatic rings. The molecule has 1 aliphatic carbocycles. The standard InChI is InChI=1S/C27H30N2O6S/c1-2-33-26(32)27-10-4-3-7-23(27)29(16-18-8-9-21-22(12-18)35-17-34-21)25(31)19(14-27)13-24(30)28-15-20-6-5-11-36-20/h5-9,11-12,19H,2-4,10,13-17H2,1H3,(H,28,30)/t19-,27+/m1/s1. The molecule has 1 saturated heterocycles. The van der Waals surface area contributed by atoms with Crippen LogP contribution in [0.2, 0.25) is 0 Å². The van der Waals surface area contributed by atoms with E-state index in [4.69, 9.17) is 14.2 Å². The summed E-state index contributed by atoms with van der Waals surface area (Å²) in [5.41, 5.74) is 0.627. The van der Waals surface area contributed by atoms with Crippen LogP contribution in [0.4, 0.5) is 0 Å². The molecular weight excluding hydrogens is 480 g/mol. The van der Waals surface area contributed by atoms with Gasteiger partial charge in [0.2, 0.25) is 18.6 Å². The number of fused-ring (bicyclic) bond motifs is 2. The highest BCUT2D eigenvalue weighted by Gasteiger charge is 2.54. The summed E-state index contributed by atoms with van der Waals surface area (Å²) in [5.74, 6) is 0.0154. The zero-order valence-corrected chi connectivity index (χ0v) is 21.1. The molecule has 1 aromatic carbocycles. The van der Waals surface area contributed by atoms with Crippen LogP contribution in [0.5, 0.6) is 11.5 Å². The maximum absolute atomic E-state index is 13.8. The number of hydrogen-bond acceptors (Lipinski definition) is 7. The van der Waals surface area contributed by atoms with Crippen LogP contribution in [0.25, 0.3) is 0 Å². The van der Waals surface area contributed by atoms with Crippen LogP contribution in [0.15, 0.2) is 47.5 Å². The Morgan fingerprint density at radius 1 is 1.25 bits per heavy atom. The number of amides is 2. The molecule has 36 heavy (non-hydrogen) atoms. The number of nitrogens with zero attached hydrogens (tertiary/aromatic N) is 1. The lowest BCUT2D eigenvalue weighted by Crippen LogP contribution is -2.54. The first-order chi connectivity index (χ1) is 17.5. The van der Waals surface area contributed by atoms with Crippen LogP contribution in [-0.2, 0) is 32.2 Å². The summed E-state index contributed by atoms with van der Waals surface area (Å²) >= 11 is 1.57. The van der Waals surface area contributed by atoms with Gasteiger partial charge in [-0.05, 0) is 61.7 Å². The van der Waals surface area contributed by atoms with Gasteiger partial charge in [-0.1, -0.05) is 18.2 Å². The molecule has 0 radical (unpaired) electrons. The van der Waals surface area contributed by atoms with Gasteiger partial charge in [0.05, 0.1) is 19.7 Å². The molecule has 2 atom stereocenters. The highest BCUT2D eigenvalue weighted by molar-refractivity contribution is 7.09. The number of thiophene rings is 1. The number of esters is 1. The van der Waals surface area contributed by atoms with E-state index in [-0.39, 0.29) is 50.6 Å². The fourth-order valence-corrected chi connectivity index (χ4v) is 6.03. The van der Waals surface area contributed by atoms with Crippen LogP contribution in [-0.4, -0.2) is 36.1 Å². The summed E-state index contributed by atoms with van der Waals surface area (Å²) in [4.78, 5) is 42.8. The smallest absolute Gasteiger partial charge is 0.318 e. The normalized spacial score (nSPS) is 22.6. The van der Waals surface area contributed by atoms with Crippen LogP contribution in [0, 0.1) is 11.3 Å². The Balaban J connectivity index is 1.42. The Kier molecular flexibility index (Phi) is 7.00. The maximum atomic E-state index is 13.8. The number of nitrogens with one attached hydrogen (secondary N) is 1. The number of rotatable bonds is 8. The van der Waals surface area contributed by atoms with E-state index in [1.54, 1.807) is 23.2 Å². The molecule has 0 spiro atoms. The van der Waals surface area contributed by atoms with E-state index in [1.165, 1.54) is 0 Å². The molecular formula is C27H30N2O6S. The van der Waals surface area contributed by atoms with Crippen molar-refractivity contribution in [3.05, 3.63) is 57.9 Å². The zero-order valence-electron chi connectivity index (χ0n) is 20.3. The topological polar surface area (TPSA) is 94.2 Å². The average Bonchev–Trinajstić information content (AvgIpc) is 3.57. The van der Waals surface area contributed by atoms with Gasteiger partial charge in [0.25, 0.3) is 0 Å². The molecule has 1 fully saturated rings. The predicted molar refractivity (Wildman–Crippen MR) is 133 cm³/mol. The second-order valence-electron chi connectivity index (χ2n) is 9.36. The molecule has 0 saturated carbocycles. The number of hydrogen-bond donors (Lipinski definition) is 1. The van der Waals surface area contributed by atoms with Gasteiger partial charge in [0.15, 0.2) is 11.5 Å². The first-order valence-corrected chi connectivity index (χ1v) is 13.2. The third kappa shape index (κ3) is 4.72. The summed E-state index contributed by atoms with van der Waals surface area (Å²) in [6, 6.07) is 9.48. The Morgan fingerprint density at radius 3 is 2.92 bits per heavy atom. The van der Waals surface area contributed by atoms with Crippen LogP contribution < -0.4 is 14.8 Å². The SMILES string of the molecule is CCOC(=O)[C@]12CCCC=C1N(Cc1ccc3c(c1)OCO3)C(=O)[C@H](CC(=O)NCc1cccs1)C2. The average molecular weight is 511 g/mol. The fraction of sp³-hybridized carbons (Fsp3) is 0.444. The van der Waals surface area contributed by atoms with Crippen LogP contribution in [0.1, 0.15) is 49.5 Å². The van der Waals surface area contributed by atoms with Gasteiger partial charge in [-0.3, -0.25) is 14.4 Å². The number of allylic oxidation sites excluding steroid dienone is 1. The van der Waals surface area contributed by atoms with Gasteiger partial charge in [-0.15, -0.1) is 11.3 Å². The Morgan fingerprint density at radius 2 is 2.11 bits per heavy atom. The van der Waals surface area contributed by atoms with E-state index in [2.05, 4.69) is 5.32 Å². The Bertz CT molecular complexity index is 1180. The highest BCUT2D eigenvalue weighted by Crippen LogP contribution is 2.50. The van der Waals surface area contributed by atoms with E-state index < -0.39 is 11.3 Å². The fourth-order valence-electron chi connectivity index (χ4n) is 5.39. The van der Waals surface area contributed by atoms with E-state index >= 15 is 0 Å². The number of benzene rings is 1. The van der Waals surface area contributed by atoms with Gasteiger partial charge >= 0.3 is 5.97 Å². The molecule has 0 bridgehead atoms. The first kappa shape index (κ1) is 24.4. The minimum Gasteiger partial charge on any atom is -0.465 e. The summed E-state index contributed by atoms with van der Waals surface area (Å²) in [5, 5.41) is 4.88. The van der Waals surface area contributed by atoms with Crippen LogP contribution >= 0.6 is 11.3 Å². The first-order valence-electron chi connectivity index (χ1n) is 12.4. The lowest BCUT2D eigenvalue weighted by molar-refractivity contribution is -0.162. The zero-order chi connectivity index (χ0) is 25.1. The number of likely N-dealkylation sites (tertiary alicyclic amines) is 1. The molecule has 1 N–H and O–H groups in total. The second kappa shape index (κ2) is 10.3. The van der Waals surface area contributed by atoms with Crippen molar-refractivity contribution in [3.63, 3.8) is 0 Å². The summed E-state index contributed by atoms with van der Waals surface area (Å²) < 4.78 is 16.5. The van der Waals surface area contributed by atoms with Gasteiger partial charge in [-0.25, -0.2) is 0 Å². The van der Waals surface area contributed by atoms with E-state index in [1.807, 2.05) is 41.8 Å². The summed E-state index contributed by atoms with van der Waals surface area (Å²) in [6.07, 6.45) is 4.50. The molecule has 0 unspecified atom stereocenters. The molecule has 1 aromatic heterocycles. The molecule has 8 nitrogen and oxygen atoms in total. The maximum Gasteiger partial charge on any atom is 0.318 e. The lowest BCUT2D eigenvalue weighted by Gasteiger charge is -2.48. The number of ether oxygens (including phenoxy) is 3. The molecule has 3 aliphatic rings. The van der Waals surface area contributed by atoms with Gasteiger partial charge in [-0.2, -0.15) is 0 Å². The predicted octanol–water partition coefficient (Wildman–Crippen LogP) is 4.15. The van der Waals surface area contributed by atoms with Crippen molar-refractivity contribution in [2.24, 2.45) is 11.3 Å². The molecule has 9 heteroatoms. The molecule has 3 heterocycles. The molecule has 5 rings (SSSR count). The van der Waals surface area contributed by atoms with E-state index in [0.717, 1.165) is 23.3 Å². The van der Waals surface area contributed by atoms with Gasteiger partial charge in [0, 0.05) is 22.9 Å². The van der Waals surface area contributed by atoms with Crippen molar-refractivity contribution in [1.29, 1.82) is 0 Å². The molecule has 2 aliphatic heterocycles. The molecule has 190 valence electrons. The van der Waals surface area contributed by atoms with Crippen molar-refractivity contribution in [1.82, 2.24) is 10.2 Å². The quantitative estimate of drug-likeness (QED) is 0.537. The monoisotopic (exact) mass is 510 g/mol. The van der Waals surface area contributed by atoms with Crippen molar-refractivity contribution >= 4 is 29.1 Å². The Hall–Kier alpha value is -3.33. The van der Waals surface area contributed by atoms with Crippen molar-refractivity contribution in [2.45, 2.75) is 52.1 Å². The number of piperidine rings is 1. The minimum absolute atomic E-state index is 0.0241. The number of carbonyl (C=O) groups excluding carboxylic acids is 3. The van der Waals surface area contributed by atoms with Crippen molar-refractivity contribution < 1.29 is 28.6 Å². The highest BCUT2D eigenvalue weighted by atomic mass is 32.1. The Labute approximate surface area is 214 Å². The van der Waals surface area contributed by atoms with Crippen LogP contribution in [0.3, 0.4) is 0 Å². The lowest BCUT2D eigenvalue weighted by atomic mass is 9.66. The van der Waals surface area contributed by atoms with E-state index in [0.29, 0.717) is 30.2 Å². The summed E-state index contributed by atoms with van der Waals surface area (Å²) in [7, 11) is 0. The van der Waals surface area contributed by atoms with Gasteiger partial charge in [0.1, 0.15) is 5.41 Å². The third-order valence-electron chi connectivity index (χ3n) is 7.05. The number of carbonyl (C=O) groups is 3. The van der Waals surface area contributed by atoms with Gasteiger partial charge < -0.3 is 24.4 Å². The largest absolute Gasteiger partial charge is 0.465 e.